The van der Waals surface area contributed by atoms with Crippen molar-refractivity contribution in [2.75, 3.05) is 4.90 Å². The highest BCUT2D eigenvalue weighted by atomic mass is 15.1. The fourth-order valence-electron chi connectivity index (χ4n) is 7.50. The summed E-state index contributed by atoms with van der Waals surface area (Å²) in [5.74, 6) is 0.490. The third-order valence-corrected chi connectivity index (χ3v) is 9.58. The molecule has 7 aromatic rings. The summed E-state index contributed by atoms with van der Waals surface area (Å²) in [6.45, 7) is 9.35. The molecule has 1 heteroatoms. The molecule has 0 spiro atoms. The van der Waals surface area contributed by atoms with Gasteiger partial charge < -0.3 is 4.90 Å². The fraction of sp³-hybridized carbons (Fsp3) is 0.143. The zero-order valence-electron chi connectivity index (χ0n) is 25.2. The predicted octanol–water partition coefficient (Wildman–Crippen LogP) is 12.0. The van der Waals surface area contributed by atoms with Crippen LogP contribution in [-0.2, 0) is 5.41 Å². The molecule has 0 fully saturated rings. The van der Waals surface area contributed by atoms with Crippen molar-refractivity contribution >= 4 is 49.4 Å². The summed E-state index contributed by atoms with van der Waals surface area (Å²) in [4.78, 5) is 2.45. The number of fused-ring (bicyclic) bond motifs is 10. The van der Waals surface area contributed by atoms with Crippen LogP contribution in [0.3, 0.4) is 0 Å². The standard InChI is InChI=1S/C42H35N/c1-27(2)28-22-24-30(25-23-28)43(29-14-6-5-7-15-29)38-26-37-39(35-20-12-10-18-33(35)38)40-34-19-11-8-16-31(34)32-17-9-13-21-36(32)41(40)42(37,3)4/h5-27H,1-4H3. The predicted molar refractivity (Wildman–Crippen MR) is 185 cm³/mol. The van der Waals surface area contributed by atoms with Gasteiger partial charge in [0.1, 0.15) is 0 Å². The molecule has 1 nitrogen and oxygen atoms in total. The Morgan fingerprint density at radius 3 is 1.60 bits per heavy atom. The van der Waals surface area contributed by atoms with Gasteiger partial charge in [0.2, 0.25) is 0 Å². The lowest BCUT2D eigenvalue weighted by molar-refractivity contribution is 0.667. The summed E-state index contributed by atoms with van der Waals surface area (Å²) in [6, 6.07) is 49.4. The maximum Gasteiger partial charge on any atom is 0.0543 e. The van der Waals surface area contributed by atoms with E-state index in [0.717, 1.165) is 5.69 Å². The van der Waals surface area contributed by atoms with Crippen molar-refractivity contribution in [3.63, 3.8) is 0 Å². The van der Waals surface area contributed by atoms with Gasteiger partial charge in [0.15, 0.2) is 0 Å². The van der Waals surface area contributed by atoms with Gasteiger partial charge in [0.05, 0.1) is 5.69 Å². The van der Waals surface area contributed by atoms with E-state index in [1.165, 1.54) is 71.5 Å². The van der Waals surface area contributed by atoms with Gasteiger partial charge in [-0.15, -0.1) is 0 Å². The van der Waals surface area contributed by atoms with Crippen LogP contribution in [0, 0.1) is 0 Å². The van der Waals surface area contributed by atoms with Crippen LogP contribution in [0.25, 0.3) is 43.4 Å². The highest BCUT2D eigenvalue weighted by molar-refractivity contribution is 6.22. The average Bonchev–Trinajstić information content (AvgIpc) is 3.29. The van der Waals surface area contributed by atoms with E-state index in [2.05, 4.69) is 166 Å². The molecule has 1 aliphatic carbocycles. The maximum absolute atomic E-state index is 2.49. The molecule has 0 bridgehead atoms. The molecule has 0 unspecified atom stereocenters. The quantitative estimate of drug-likeness (QED) is 0.196. The van der Waals surface area contributed by atoms with Crippen molar-refractivity contribution in [1.29, 1.82) is 0 Å². The smallest absolute Gasteiger partial charge is 0.0543 e. The van der Waals surface area contributed by atoms with E-state index < -0.39 is 0 Å². The Hall–Kier alpha value is -4.88. The van der Waals surface area contributed by atoms with Crippen molar-refractivity contribution in [3.05, 3.63) is 150 Å². The molecule has 0 radical (unpaired) electrons. The van der Waals surface area contributed by atoms with Crippen LogP contribution in [0.4, 0.5) is 17.1 Å². The van der Waals surface area contributed by atoms with Crippen LogP contribution in [0.1, 0.15) is 50.3 Å². The molecule has 0 saturated heterocycles. The summed E-state index contributed by atoms with van der Waals surface area (Å²) in [6.07, 6.45) is 0. The largest absolute Gasteiger partial charge is 0.310 e. The molecule has 0 N–H and O–H groups in total. The van der Waals surface area contributed by atoms with Gasteiger partial charge in [-0.05, 0) is 91.0 Å². The van der Waals surface area contributed by atoms with Crippen LogP contribution >= 0.6 is 0 Å². The number of hydrogen-bond donors (Lipinski definition) is 0. The first kappa shape index (κ1) is 25.8. The van der Waals surface area contributed by atoms with Crippen LogP contribution in [0.2, 0.25) is 0 Å². The first-order valence-corrected chi connectivity index (χ1v) is 15.4. The lowest BCUT2D eigenvalue weighted by Gasteiger charge is -2.30. The number of para-hydroxylation sites is 1. The molecule has 208 valence electrons. The number of hydrogen-bond acceptors (Lipinski definition) is 1. The fourth-order valence-corrected chi connectivity index (χ4v) is 7.50. The number of rotatable bonds is 4. The Morgan fingerprint density at radius 2 is 0.977 bits per heavy atom. The molecule has 8 rings (SSSR count). The highest BCUT2D eigenvalue weighted by Gasteiger charge is 2.40. The second-order valence-electron chi connectivity index (χ2n) is 12.7. The molecule has 0 saturated carbocycles. The summed E-state index contributed by atoms with van der Waals surface area (Å²) in [7, 11) is 0. The van der Waals surface area contributed by atoms with Crippen molar-refractivity contribution in [3.8, 4) is 11.1 Å². The summed E-state index contributed by atoms with van der Waals surface area (Å²) in [5.41, 5.74) is 10.3. The maximum atomic E-state index is 2.49. The first-order chi connectivity index (χ1) is 20.9. The minimum Gasteiger partial charge on any atom is -0.310 e. The molecule has 0 heterocycles. The zero-order chi connectivity index (χ0) is 29.3. The molecule has 0 atom stereocenters. The van der Waals surface area contributed by atoms with Gasteiger partial charge in [-0.3, -0.25) is 0 Å². The zero-order valence-corrected chi connectivity index (χ0v) is 25.2. The Balaban J connectivity index is 1.49. The topological polar surface area (TPSA) is 3.24 Å². The SMILES string of the molecule is CC(C)c1ccc(N(c2ccccc2)c2cc3c(c4ccccc24)-c2c(c4ccccc4c4ccccc24)C3(C)C)cc1. The summed E-state index contributed by atoms with van der Waals surface area (Å²) >= 11 is 0. The highest BCUT2D eigenvalue weighted by Crippen LogP contribution is 2.58. The van der Waals surface area contributed by atoms with Gasteiger partial charge in [-0.1, -0.05) is 131 Å². The molecule has 1 aliphatic rings. The third kappa shape index (κ3) is 3.78. The van der Waals surface area contributed by atoms with Gasteiger partial charge >= 0.3 is 0 Å². The second-order valence-corrected chi connectivity index (χ2v) is 12.7. The van der Waals surface area contributed by atoms with Crippen molar-refractivity contribution in [2.45, 2.75) is 39.0 Å². The van der Waals surface area contributed by atoms with Crippen LogP contribution in [0.15, 0.2) is 133 Å². The van der Waals surface area contributed by atoms with E-state index in [1.54, 1.807) is 0 Å². The minimum atomic E-state index is -0.184. The first-order valence-electron chi connectivity index (χ1n) is 15.4. The Kier molecular flexibility index (Phi) is 5.74. The molecule has 0 aromatic heterocycles. The number of anilines is 3. The minimum absolute atomic E-state index is 0.184. The third-order valence-electron chi connectivity index (χ3n) is 9.58. The van der Waals surface area contributed by atoms with Crippen LogP contribution in [0.5, 0.6) is 0 Å². The molecular weight excluding hydrogens is 518 g/mol. The van der Waals surface area contributed by atoms with Crippen molar-refractivity contribution in [2.24, 2.45) is 0 Å². The summed E-state index contributed by atoms with van der Waals surface area (Å²) in [5, 5.41) is 7.92. The van der Waals surface area contributed by atoms with E-state index >= 15 is 0 Å². The van der Waals surface area contributed by atoms with E-state index in [4.69, 9.17) is 0 Å². The lowest BCUT2D eigenvalue weighted by Crippen LogP contribution is -2.17. The van der Waals surface area contributed by atoms with Crippen molar-refractivity contribution in [1.82, 2.24) is 0 Å². The van der Waals surface area contributed by atoms with Crippen molar-refractivity contribution < 1.29 is 0 Å². The molecular formula is C42H35N. The normalized spacial score (nSPS) is 13.5. The Labute approximate surface area is 254 Å². The molecule has 0 aliphatic heterocycles. The average molecular weight is 554 g/mol. The molecule has 43 heavy (non-hydrogen) atoms. The second kappa shape index (κ2) is 9.57. The number of nitrogens with zero attached hydrogens (tertiary/aromatic N) is 1. The van der Waals surface area contributed by atoms with Gasteiger partial charge in [0, 0.05) is 22.2 Å². The van der Waals surface area contributed by atoms with E-state index in [-0.39, 0.29) is 5.41 Å². The lowest BCUT2D eigenvalue weighted by atomic mass is 9.79. The monoisotopic (exact) mass is 553 g/mol. The van der Waals surface area contributed by atoms with Crippen LogP contribution in [-0.4, -0.2) is 0 Å². The van der Waals surface area contributed by atoms with E-state index in [0.29, 0.717) is 5.92 Å². The number of benzene rings is 7. The summed E-state index contributed by atoms with van der Waals surface area (Å²) < 4.78 is 0. The molecule has 0 amide bonds. The Morgan fingerprint density at radius 1 is 0.488 bits per heavy atom. The van der Waals surface area contributed by atoms with Gasteiger partial charge in [-0.25, -0.2) is 0 Å². The van der Waals surface area contributed by atoms with E-state index in [9.17, 15) is 0 Å². The van der Waals surface area contributed by atoms with Gasteiger partial charge in [0.25, 0.3) is 0 Å². The van der Waals surface area contributed by atoms with Gasteiger partial charge in [-0.2, -0.15) is 0 Å². The molecule has 7 aromatic carbocycles. The van der Waals surface area contributed by atoms with Crippen LogP contribution < -0.4 is 4.90 Å². The van der Waals surface area contributed by atoms with E-state index in [1.807, 2.05) is 0 Å². The Bertz CT molecular complexity index is 2170.